The number of aryl methyl sites for hydroxylation is 2. The molecule has 0 spiro atoms. The van der Waals surface area contributed by atoms with Gasteiger partial charge in [-0.1, -0.05) is 0 Å². The van der Waals surface area contributed by atoms with Gasteiger partial charge in [-0.05, 0) is 37.6 Å². The summed E-state index contributed by atoms with van der Waals surface area (Å²) in [6, 6.07) is 5.55. The summed E-state index contributed by atoms with van der Waals surface area (Å²) in [5, 5.41) is 0. The molecule has 6 heteroatoms. The normalized spacial score (nSPS) is 10.9. The number of aromatic amines is 1. The molecule has 0 saturated heterocycles. The van der Waals surface area contributed by atoms with Gasteiger partial charge < -0.3 is 9.82 Å². The van der Waals surface area contributed by atoms with Crippen molar-refractivity contribution in [1.29, 1.82) is 0 Å². The van der Waals surface area contributed by atoms with Crippen molar-refractivity contribution < 1.29 is 4.84 Å². The van der Waals surface area contributed by atoms with Gasteiger partial charge in [0.2, 0.25) is 5.65 Å². The second kappa shape index (κ2) is 4.50. The molecule has 2 aromatic heterocycles. The maximum Gasteiger partial charge on any atom is 0.291 e. The molecule has 2 heterocycles. The van der Waals surface area contributed by atoms with Crippen LogP contribution in [0, 0.1) is 13.8 Å². The molecule has 0 aliphatic carbocycles. The predicted octanol–water partition coefficient (Wildman–Crippen LogP) is 1.56. The Morgan fingerprint density at radius 2 is 2.15 bits per heavy atom. The maximum absolute atomic E-state index is 11.9. The average Bonchev–Trinajstić information content (AvgIpc) is 2.90. The van der Waals surface area contributed by atoms with Crippen LogP contribution in [0.5, 0.6) is 5.75 Å². The van der Waals surface area contributed by atoms with Crippen LogP contribution in [0.25, 0.3) is 16.9 Å². The van der Waals surface area contributed by atoms with E-state index in [1.165, 1.54) is 0 Å². The highest BCUT2D eigenvalue weighted by molar-refractivity contribution is 5.69. The van der Waals surface area contributed by atoms with E-state index in [2.05, 4.69) is 9.97 Å². The van der Waals surface area contributed by atoms with E-state index >= 15 is 0 Å². The summed E-state index contributed by atoms with van der Waals surface area (Å²) in [7, 11) is 0. The number of aromatic nitrogens is 3. The predicted molar refractivity (Wildman–Crippen MR) is 75.5 cm³/mol. The lowest BCUT2D eigenvalue weighted by atomic mass is 10.0. The number of nitrogens with one attached hydrogen (secondary N) is 1. The van der Waals surface area contributed by atoms with Crippen molar-refractivity contribution in [3.05, 3.63) is 52.2 Å². The fraction of sp³-hybridized carbons (Fsp3) is 0.143. The molecular formula is C14H14N4O2. The first-order chi connectivity index (χ1) is 9.61. The van der Waals surface area contributed by atoms with Gasteiger partial charge in [0.05, 0.1) is 5.69 Å². The number of rotatable bonds is 2. The minimum Gasteiger partial charge on any atom is -0.412 e. The molecule has 20 heavy (non-hydrogen) atoms. The van der Waals surface area contributed by atoms with Gasteiger partial charge in [0.15, 0.2) is 0 Å². The van der Waals surface area contributed by atoms with Gasteiger partial charge in [-0.3, -0.25) is 9.20 Å². The lowest BCUT2D eigenvalue weighted by Gasteiger charge is -2.12. The highest BCUT2D eigenvalue weighted by atomic mass is 16.6. The lowest BCUT2D eigenvalue weighted by molar-refractivity contribution is 0.334. The maximum atomic E-state index is 11.9. The van der Waals surface area contributed by atoms with Crippen LogP contribution < -0.4 is 16.3 Å². The number of hydrogen-bond donors (Lipinski definition) is 2. The Kier molecular flexibility index (Phi) is 2.80. The first-order valence-corrected chi connectivity index (χ1v) is 6.15. The molecule has 1 aromatic carbocycles. The highest BCUT2D eigenvalue weighted by Gasteiger charge is 2.13. The topological polar surface area (TPSA) is 85.4 Å². The van der Waals surface area contributed by atoms with Gasteiger partial charge in [-0.2, -0.15) is 5.90 Å². The summed E-state index contributed by atoms with van der Waals surface area (Å²) in [6.45, 7) is 3.83. The van der Waals surface area contributed by atoms with Crippen molar-refractivity contribution in [2.24, 2.45) is 5.90 Å². The van der Waals surface area contributed by atoms with Crippen LogP contribution in [-0.2, 0) is 0 Å². The van der Waals surface area contributed by atoms with E-state index in [4.69, 9.17) is 10.7 Å². The molecule has 0 radical (unpaired) electrons. The Bertz CT molecular complexity index is 848. The zero-order chi connectivity index (χ0) is 14.3. The number of imidazole rings is 1. The van der Waals surface area contributed by atoms with Crippen molar-refractivity contribution in [3.8, 4) is 17.0 Å². The molecular weight excluding hydrogens is 256 g/mol. The number of hydrogen-bond acceptors (Lipinski definition) is 4. The molecule has 0 aliphatic rings. The van der Waals surface area contributed by atoms with Crippen molar-refractivity contribution in [2.45, 2.75) is 13.8 Å². The van der Waals surface area contributed by atoms with Crippen LogP contribution in [0.4, 0.5) is 0 Å². The molecule has 6 nitrogen and oxygen atoms in total. The second-order valence-corrected chi connectivity index (χ2v) is 4.64. The van der Waals surface area contributed by atoms with Crippen LogP contribution in [0.15, 0.2) is 35.4 Å². The molecule has 0 unspecified atom stereocenters. The minimum atomic E-state index is -0.198. The molecule has 3 N–H and O–H groups in total. The summed E-state index contributed by atoms with van der Waals surface area (Å²) in [6.07, 6.45) is 3.39. The Morgan fingerprint density at radius 3 is 2.85 bits per heavy atom. The first-order valence-electron chi connectivity index (χ1n) is 6.15. The van der Waals surface area contributed by atoms with Gasteiger partial charge in [0.25, 0.3) is 5.56 Å². The second-order valence-electron chi connectivity index (χ2n) is 4.64. The standard InChI is InChI=1S/C14H14N4O2/c1-8-7-10(20-15)3-4-11(8)12-9(2)17-14(19)13-16-5-6-18(12)13/h3-7H,15H2,1-2H3,(H,17,19). The van der Waals surface area contributed by atoms with E-state index in [9.17, 15) is 4.79 Å². The molecule has 0 amide bonds. The minimum absolute atomic E-state index is 0.198. The number of nitrogens with two attached hydrogens (primary N) is 1. The van der Waals surface area contributed by atoms with Crippen LogP contribution in [-0.4, -0.2) is 14.4 Å². The zero-order valence-electron chi connectivity index (χ0n) is 11.2. The highest BCUT2D eigenvalue weighted by Crippen LogP contribution is 2.28. The van der Waals surface area contributed by atoms with E-state index in [1.807, 2.05) is 26.0 Å². The van der Waals surface area contributed by atoms with E-state index in [0.29, 0.717) is 11.4 Å². The molecule has 0 atom stereocenters. The van der Waals surface area contributed by atoms with Crippen molar-refractivity contribution >= 4 is 5.65 Å². The lowest BCUT2D eigenvalue weighted by Crippen LogP contribution is -2.14. The van der Waals surface area contributed by atoms with Crippen molar-refractivity contribution in [3.63, 3.8) is 0 Å². The molecule has 102 valence electrons. The molecule has 0 bridgehead atoms. The van der Waals surface area contributed by atoms with Crippen LogP contribution in [0.1, 0.15) is 11.3 Å². The summed E-state index contributed by atoms with van der Waals surface area (Å²) >= 11 is 0. The number of H-pyrrole nitrogens is 1. The van der Waals surface area contributed by atoms with Gasteiger partial charge in [0, 0.05) is 23.7 Å². The number of fused-ring (bicyclic) bond motifs is 1. The van der Waals surface area contributed by atoms with Gasteiger partial charge in [0.1, 0.15) is 5.75 Å². The fourth-order valence-electron chi connectivity index (χ4n) is 2.42. The molecule has 0 aliphatic heterocycles. The van der Waals surface area contributed by atoms with Crippen LogP contribution >= 0.6 is 0 Å². The van der Waals surface area contributed by atoms with E-state index in [0.717, 1.165) is 22.5 Å². The summed E-state index contributed by atoms with van der Waals surface area (Å²) < 4.78 is 1.79. The van der Waals surface area contributed by atoms with E-state index in [-0.39, 0.29) is 5.56 Å². The number of nitrogens with zero attached hydrogens (tertiary/aromatic N) is 2. The zero-order valence-corrected chi connectivity index (χ0v) is 11.2. The fourth-order valence-corrected chi connectivity index (χ4v) is 2.42. The third-order valence-corrected chi connectivity index (χ3v) is 3.33. The molecule has 3 rings (SSSR count). The smallest absolute Gasteiger partial charge is 0.291 e. The number of benzene rings is 1. The van der Waals surface area contributed by atoms with Crippen LogP contribution in [0.2, 0.25) is 0 Å². The van der Waals surface area contributed by atoms with Gasteiger partial charge in [-0.25, -0.2) is 4.98 Å². The monoisotopic (exact) mass is 270 g/mol. The van der Waals surface area contributed by atoms with E-state index in [1.54, 1.807) is 22.9 Å². The average molecular weight is 270 g/mol. The van der Waals surface area contributed by atoms with Gasteiger partial charge in [-0.15, -0.1) is 0 Å². The van der Waals surface area contributed by atoms with Gasteiger partial charge >= 0.3 is 0 Å². The quantitative estimate of drug-likeness (QED) is 0.692. The Hall–Kier alpha value is -2.60. The molecule has 0 fully saturated rings. The molecule has 0 saturated carbocycles. The summed E-state index contributed by atoms with van der Waals surface area (Å²) in [5.74, 6) is 5.76. The Balaban J connectivity index is 2.35. The first kappa shape index (κ1) is 12.4. The van der Waals surface area contributed by atoms with Crippen molar-refractivity contribution in [2.75, 3.05) is 0 Å². The molecule has 3 aromatic rings. The third-order valence-electron chi connectivity index (χ3n) is 3.33. The third kappa shape index (κ3) is 1.78. The van der Waals surface area contributed by atoms with Crippen molar-refractivity contribution in [1.82, 2.24) is 14.4 Å². The Morgan fingerprint density at radius 1 is 1.35 bits per heavy atom. The Labute approximate surface area is 114 Å². The summed E-state index contributed by atoms with van der Waals surface area (Å²) in [5.41, 5.74) is 3.85. The largest absolute Gasteiger partial charge is 0.412 e. The summed E-state index contributed by atoms with van der Waals surface area (Å²) in [4.78, 5) is 23.5. The van der Waals surface area contributed by atoms with E-state index < -0.39 is 0 Å². The van der Waals surface area contributed by atoms with Crippen LogP contribution in [0.3, 0.4) is 0 Å². The SMILES string of the molecule is Cc1cc(ON)ccc1-c1c(C)[nH]c(=O)c2nccn12.